The van der Waals surface area contributed by atoms with Crippen LogP contribution in [-0.4, -0.2) is 17.8 Å². The van der Waals surface area contributed by atoms with Gasteiger partial charge in [0.2, 0.25) is 0 Å². The van der Waals surface area contributed by atoms with Crippen LogP contribution in [0.25, 0.3) is 0 Å². The number of halogens is 1. The standard InChI is InChI=1S/C10H13ClO2S/c1-6-4-7(5-13-6)10(12)8-2-3-9(11)14-8/h2-3,6-7,10,12H,4-5H2,1H3. The van der Waals surface area contributed by atoms with Gasteiger partial charge < -0.3 is 9.84 Å². The fraction of sp³-hybridized carbons (Fsp3) is 0.600. The molecule has 1 aromatic rings. The summed E-state index contributed by atoms with van der Waals surface area (Å²) in [7, 11) is 0. The van der Waals surface area contributed by atoms with E-state index < -0.39 is 6.10 Å². The smallest absolute Gasteiger partial charge is 0.0933 e. The Kier molecular flexibility index (Phi) is 3.12. The maximum atomic E-state index is 10.0. The van der Waals surface area contributed by atoms with Gasteiger partial charge in [0.15, 0.2) is 0 Å². The third-order valence-corrected chi connectivity index (χ3v) is 3.86. The Balaban J connectivity index is 2.05. The number of rotatable bonds is 2. The van der Waals surface area contributed by atoms with Crippen molar-refractivity contribution in [2.75, 3.05) is 6.61 Å². The molecule has 2 nitrogen and oxygen atoms in total. The summed E-state index contributed by atoms with van der Waals surface area (Å²) in [5, 5.41) is 10.0. The summed E-state index contributed by atoms with van der Waals surface area (Å²) in [5.41, 5.74) is 0. The van der Waals surface area contributed by atoms with E-state index in [0.29, 0.717) is 6.61 Å². The Hall–Kier alpha value is -0.0900. The number of ether oxygens (including phenoxy) is 1. The van der Waals surface area contributed by atoms with Gasteiger partial charge in [-0.3, -0.25) is 0 Å². The van der Waals surface area contributed by atoms with Crippen molar-refractivity contribution in [1.82, 2.24) is 0 Å². The molecular formula is C10H13ClO2S. The lowest BCUT2D eigenvalue weighted by molar-refractivity contribution is 0.0822. The van der Waals surface area contributed by atoms with Crippen molar-refractivity contribution in [3.63, 3.8) is 0 Å². The van der Waals surface area contributed by atoms with Crippen molar-refractivity contribution in [2.45, 2.75) is 25.6 Å². The van der Waals surface area contributed by atoms with Crippen molar-refractivity contribution >= 4 is 22.9 Å². The molecule has 1 N–H and O–H groups in total. The van der Waals surface area contributed by atoms with Gasteiger partial charge >= 0.3 is 0 Å². The van der Waals surface area contributed by atoms with Crippen LogP contribution in [0.3, 0.4) is 0 Å². The van der Waals surface area contributed by atoms with Gasteiger partial charge in [0, 0.05) is 10.8 Å². The fourth-order valence-electron chi connectivity index (χ4n) is 1.79. The first-order chi connectivity index (χ1) is 6.66. The zero-order valence-electron chi connectivity index (χ0n) is 7.94. The summed E-state index contributed by atoms with van der Waals surface area (Å²) in [6, 6.07) is 3.71. The van der Waals surface area contributed by atoms with Crippen LogP contribution < -0.4 is 0 Å². The van der Waals surface area contributed by atoms with Crippen LogP contribution in [0.2, 0.25) is 4.34 Å². The molecule has 0 aromatic carbocycles. The summed E-state index contributed by atoms with van der Waals surface area (Å²) in [6.45, 7) is 2.69. The van der Waals surface area contributed by atoms with Gasteiger partial charge in [-0.15, -0.1) is 11.3 Å². The van der Waals surface area contributed by atoms with E-state index in [2.05, 4.69) is 0 Å². The van der Waals surface area contributed by atoms with Crippen LogP contribution in [0.15, 0.2) is 12.1 Å². The molecule has 4 heteroatoms. The first kappa shape index (κ1) is 10.4. The van der Waals surface area contributed by atoms with Crippen molar-refractivity contribution in [3.05, 3.63) is 21.3 Å². The zero-order valence-corrected chi connectivity index (χ0v) is 9.52. The average Bonchev–Trinajstić information content (AvgIpc) is 2.73. The highest BCUT2D eigenvalue weighted by molar-refractivity contribution is 7.16. The highest BCUT2D eigenvalue weighted by atomic mass is 35.5. The highest BCUT2D eigenvalue weighted by Crippen LogP contribution is 2.35. The molecule has 0 spiro atoms. The van der Waals surface area contributed by atoms with E-state index in [1.807, 2.05) is 19.1 Å². The van der Waals surface area contributed by atoms with E-state index in [1.165, 1.54) is 11.3 Å². The molecule has 3 atom stereocenters. The number of hydrogen-bond donors (Lipinski definition) is 1. The Morgan fingerprint density at radius 2 is 2.43 bits per heavy atom. The van der Waals surface area contributed by atoms with E-state index in [0.717, 1.165) is 15.6 Å². The van der Waals surface area contributed by atoms with E-state index >= 15 is 0 Å². The lowest BCUT2D eigenvalue weighted by Crippen LogP contribution is -2.11. The lowest BCUT2D eigenvalue weighted by atomic mass is 9.98. The Morgan fingerprint density at radius 3 is 2.93 bits per heavy atom. The van der Waals surface area contributed by atoms with Crippen LogP contribution in [0.5, 0.6) is 0 Å². The van der Waals surface area contributed by atoms with E-state index in [4.69, 9.17) is 16.3 Å². The molecule has 1 aliphatic rings. The number of aliphatic hydroxyl groups is 1. The second-order valence-corrected chi connectivity index (χ2v) is 5.47. The number of hydrogen-bond acceptors (Lipinski definition) is 3. The highest BCUT2D eigenvalue weighted by Gasteiger charge is 2.29. The first-order valence-corrected chi connectivity index (χ1v) is 5.91. The number of thiophene rings is 1. The Labute approximate surface area is 92.5 Å². The second kappa shape index (κ2) is 4.19. The first-order valence-electron chi connectivity index (χ1n) is 4.71. The molecule has 2 heterocycles. The van der Waals surface area contributed by atoms with E-state index in [1.54, 1.807) is 0 Å². The zero-order chi connectivity index (χ0) is 10.1. The minimum atomic E-state index is -0.419. The third-order valence-electron chi connectivity index (χ3n) is 2.56. The largest absolute Gasteiger partial charge is 0.387 e. The van der Waals surface area contributed by atoms with Crippen molar-refractivity contribution in [2.24, 2.45) is 5.92 Å². The molecule has 2 rings (SSSR count). The molecule has 0 amide bonds. The van der Waals surface area contributed by atoms with Gasteiger partial charge in [0.1, 0.15) is 0 Å². The van der Waals surface area contributed by atoms with Gasteiger partial charge in [-0.1, -0.05) is 11.6 Å². The number of aliphatic hydroxyl groups excluding tert-OH is 1. The van der Waals surface area contributed by atoms with Crippen LogP contribution in [0, 0.1) is 5.92 Å². The third kappa shape index (κ3) is 2.11. The summed E-state index contributed by atoms with van der Waals surface area (Å²) in [6.07, 6.45) is 0.777. The average molecular weight is 233 g/mol. The van der Waals surface area contributed by atoms with E-state index in [-0.39, 0.29) is 12.0 Å². The van der Waals surface area contributed by atoms with Gasteiger partial charge in [0.05, 0.1) is 23.2 Å². The topological polar surface area (TPSA) is 29.5 Å². The molecule has 0 aliphatic carbocycles. The molecule has 1 saturated heterocycles. The lowest BCUT2D eigenvalue weighted by Gasteiger charge is -2.14. The maximum absolute atomic E-state index is 10.0. The van der Waals surface area contributed by atoms with Gasteiger partial charge in [0.25, 0.3) is 0 Å². The summed E-state index contributed by atoms with van der Waals surface area (Å²) in [4.78, 5) is 0.942. The molecule has 78 valence electrons. The Bertz CT molecular complexity index is 313. The van der Waals surface area contributed by atoms with Crippen LogP contribution >= 0.6 is 22.9 Å². The quantitative estimate of drug-likeness (QED) is 0.850. The van der Waals surface area contributed by atoms with Gasteiger partial charge in [-0.25, -0.2) is 0 Å². The van der Waals surface area contributed by atoms with Crippen molar-refractivity contribution < 1.29 is 9.84 Å². The molecule has 14 heavy (non-hydrogen) atoms. The van der Waals surface area contributed by atoms with Crippen LogP contribution in [0.1, 0.15) is 24.3 Å². The Morgan fingerprint density at radius 1 is 1.64 bits per heavy atom. The van der Waals surface area contributed by atoms with E-state index in [9.17, 15) is 5.11 Å². The SMILES string of the molecule is CC1CC(C(O)c2ccc(Cl)s2)CO1. The molecule has 0 bridgehead atoms. The van der Waals surface area contributed by atoms with Crippen molar-refractivity contribution in [1.29, 1.82) is 0 Å². The van der Waals surface area contributed by atoms with Crippen LogP contribution in [-0.2, 0) is 4.74 Å². The minimum Gasteiger partial charge on any atom is -0.387 e. The normalized spacial score (nSPS) is 29.4. The molecule has 0 radical (unpaired) electrons. The predicted octanol–water partition coefficient (Wildman–Crippen LogP) is 2.86. The molecule has 0 saturated carbocycles. The fourth-order valence-corrected chi connectivity index (χ4v) is 2.93. The summed E-state index contributed by atoms with van der Waals surface area (Å²) >= 11 is 7.26. The molecule has 1 aromatic heterocycles. The molecule has 1 fully saturated rings. The van der Waals surface area contributed by atoms with Gasteiger partial charge in [-0.2, -0.15) is 0 Å². The predicted molar refractivity (Wildman–Crippen MR) is 57.8 cm³/mol. The monoisotopic (exact) mass is 232 g/mol. The van der Waals surface area contributed by atoms with Crippen LogP contribution in [0.4, 0.5) is 0 Å². The summed E-state index contributed by atoms with van der Waals surface area (Å²) in [5.74, 6) is 0.222. The molecule has 3 unspecified atom stereocenters. The van der Waals surface area contributed by atoms with Gasteiger partial charge in [-0.05, 0) is 25.5 Å². The molecule has 1 aliphatic heterocycles. The minimum absolute atomic E-state index is 0.222. The second-order valence-electron chi connectivity index (χ2n) is 3.73. The maximum Gasteiger partial charge on any atom is 0.0933 e. The summed E-state index contributed by atoms with van der Waals surface area (Å²) < 4.78 is 6.15. The van der Waals surface area contributed by atoms with Crippen molar-refractivity contribution in [3.8, 4) is 0 Å². The molecular weight excluding hydrogens is 220 g/mol.